The third-order valence-corrected chi connectivity index (χ3v) is 3.16. The summed E-state index contributed by atoms with van der Waals surface area (Å²) in [4.78, 5) is 13.4. The van der Waals surface area contributed by atoms with Crippen LogP contribution in [0, 0.1) is 0 Å². The monoisotopic (exact) mass is 296 g/mol. The number of likely N-dealkylation sites (N-methyl/N-ethyl adjacent to an activating group) is 1. The zero-order chi connectivity index (χ0) is 22.6. The van der Waals surface area contributed by atoms with Crippen LogP contribution in [0.1, 0.15) is 20.7 Å². The molecule has 1 aliphatic heterocycles. The van der Waals surface area contributed by atoms with Crippen LogP contribution in [0.5, 0.6) is 0 Å². The smallest absolute Gasteiger partial charge is 0.407 e. The van der Waals surface area contributed by atoms with Crippen LogP contribution in [-0.2, 0) is 17.5 Å². The summed E-state index contributed by atoms with van der Waals surface area (Å²) in [6.07, 6.45) is -1.96. The molecule has 2 aromatic rings. The second-order valence-corrected chi connectivity index (χ2v) is 4.89. The molecule has 5 heteroatoms. The third kappa shape index (κ3) is 3.19. The van der Waals surface area contributed by atoms with Crippen molar-refractivity contribution in [1.82, 2.24) is 15.2 Å². The highest BCUT2D eigenvalue weighted by atomic mass is 16.6. The Labute approximate surface area is 137 Å². The van der Waals surface area contributed by atoms with E-state index >= 15 is 0 Å². The fourth-order valence-electron chi connectivity index (χ4n) is 2.20. The number of hydrogen-bond donors (Lipinski definition) is 2. The van der Waals surface area contributed by atoms with E-state index in [1.807, 2.05) is 0 Å². The molecule has 0 spiro atoms. The van der Waals surface area contributed by atoms with Crippen molar-refractivity contribution >= 4 is 17.0 Å². The van der Waals surface area contributed by atoms with Crippen molar-refractivity contribution in [3.05, 3.63) is 35.5 Å². The van der Waals surface area contributed by atoms with Gasteiger partial charge in [-0.3, -0.25) is 0 Å². The molecule has 2 heterocycles. The van der Waals surface area contributed by atoms with Crippen molar-refractivity contribution in [3.8, 4) is 0 Å². The SMILES string of the molecule is [2H]N1C(=O)OC([2H])([2H])[C@@H]1Cc1ccc2c(c1)c(C([2H])([2H])CN(C)C([2H])([2H])[2H])cn2[2H]. The number of carbonyl (C=O) groups excluding carboxylic acids is 1. The molecule has 1 amide bonds. The Morgan fingerprint density at radius 2 is 2.57 bits per heavy atom. The maximum absolute atomic E-state index is 11.5. The summed E-state index contributed by atoms with van der Waals surface area (Å²) in [7, 11) is 1.29. The Hall–Kier alpha value is -2.01. The molecule has 0 unspecified atom stereocenters. The lowest BCUT2D eigenvalue weighted by atomic mass is 10.0. The van der Waals surface area contributed by atoms with Gasteiger partial charge in [-0.05, 0) is 50.1 Å². The quantitative estimate of drug-likeness (QED) is 0.886. The molecule has 0 radical (unpaired) electrons. The Morgan fingerprint density at radius 3 is 3.33 bits per heavy atom. The van der Waals surface area contributed by atoms with Gasteiger partial charge in [0.05, 0.1) is 8.78 Å². The van der Waals surface area contributed by atoms with E-state index in [2.05, 4.69) is 4.74 Å². The number of alkyl carbamates (subject to hydrolysis) is 1. The van der Waals surface area contributed by atoms with Crippen LogP contribution in [-0.4, -0.2) is 49.1 Å². The van der Waals surface area contributed by atoms with Crippen LogP contribution >= 0.6 is 0 Å². The molecule has 1 aromatic heterocycles. The minimum atomic E-state index is -2.48. The molecule has 1 aromatic carbocycles. The topological polar surface area (TPSA) is 57.4 Å². The van der Waals surface area contributed by atoms with E-state index in [0.717, 1.165) is 9.88 Å². The molecule has 0 saturated carbocycles. The van der Waals surface area contributed by atoms with Gasteiger partial charge >= 0.3 is 6.09 Å². The highest BCUT2D eigenvalue weighted by Gasteiger charge is 2.22. The first-order chi connectivity index (χ1) is 13.6. The van der Waals surface area contributed by atoms with Crippen molar-refractivity contribution in [2.45, 2.75) is 18.8 Å². The van der Waals surface area contributed by atoms with Crippen LogP contribution in [0.25, 0.3) is 10.9 Å². The average molecular weight is 296 g/mol. The number of cyclic esters (lactones) is 1. The van der Waals surface area contributed by atoms with Crippen LogP contribution in [0.3, 0.4) is 0 Å². The molecule has 1 saturated heterocycles. The molecule has 1 fully saturated rings. The van der Waals surface area contributed by atoms with Gasteiger partial charge in [0.1, 0.15) is 6.56 Å². The molecule has 112 valence electrons. The maximum atomic E-state index is 11.5. The minimum Gasteiger partial charge on any atom is -0.447 e. The van der Waals surface area contributed by atoms with Gasteiger partial charge in [0.25, 0.3) is 0 Å². The van der Waals surface area contributed by atoms with Crippen LogP contribution < -0.4 is 5.31 Å². The number of fused-ring (bicyclic) bond motifs is 1. The number of H-pyrrole nitrogens is 1. The molecule has 1 atom stereocenters. The van der Waals surface area contributed by atoms with Crippen molar-refractivity contribution in [3.63, 3.8) is 0 Å². The first-order valence-corrected chi connectivity index (χ1v) is 6.49. The number of ether oxygens (including phenoxy) is 1. The number of aromatic amines is 1. The maximum Gasteiger partial charge on any atom is 0.407 e. The Bertz CT molecular complexity index is 973. The summed E-state index contributed by atoms with van der Waals surface area (Å²) in [6, 6.07) is 3.54. The Morgan fingerprint density at radius 1 is 1.67 bits per heavy atom. The van der Waals surface area contributed by atoms with E-state index in [0.29, 0.717) is 21.8 Å². The second-order valence-electron chi connectivity index (χ2n) is 4.89. The standard InChI is InChI=1S/C16H21N3O2/c1-19(2)6-5-12-9-17-15-4-3-11(8-14(12)15)7-13-10-21-16(20)18-13/h3-4,8-9,13,17H,5-7,10H2,1-2H3,(H,18,20)/t13-/m0/s1/i1D3,5D2,10D2/hD2. The van der Waals surface area contributed by atoms with Gasteiger partial charge in [-0.25, -0.2) is 4.79 Å². The van der Waals surface area contributed by atoms with E-state index in [1.54, 1.807) is 18.2 Å². The highest BCUT2D eigenvalue weighted by molar-refractivity contribution is 5.84. The van der Waals surface area contributed by atoms with Gasteiger partial charge in [0.15, 0.2) is 2.82 Å². The molecule has 2 N–H and O–H groups in total. The number of hydrogen-bond acceptors (Lipinski definition) is 3. The van der Waals surface area contributed by atoms with Crippen LogP contribution in [0.4, 0.5) is 4.79 Å². The highest BCUT2D eigenvalue weighted by Crippen LogP contribution is 2.21. The van der Waals surface area contributed by atoms with Crippen molar-refractivity contribution < 1.29 is 22.0 Å². The van der Waals surface area contributed by atoms with E-state index < -0.39 is 38.6 Å². The number of carbonyl (C=O) groups is 1. The average Bonchev–Trinajstić information content (AvgIpc) is 3.03. The second kappa shape index (κ2) is 5.77. The molecular formula is C16H21N3O2. The summed E-state index contributed by atoms with van der Waals surface area (Å²) in [6.45, 7) is -5.26. The minimum absolute atomic E-state index is 0.0566. The summed E-state index contributed by atoms with van der Waals surface area (Å²) < 4.78 is 75.1. The fourth-order valence-corrected chi connectivity index (χ4v) is 2.20. The first-order valence-electron chi connectivity index (χ1n) is 10.9. The van der Waals surface area contributed by atoms with Crippen LogP contribution in [0.15, 0.2) is 24.4 Å². The lowest BCUT2D eigenvalue weighted by Gasteiger charge is -2.09. The number of nitrogens with one attached hydrogen (secondary N) is 2. The molecule has 5 nitrogen and oxygen atoms in total. The number of amides is 1. The van der Waals surface area contributed by atoms with Gasteiger partial charge in [-0.15, -0.1) is 0 Å². The molecule has 21 heavy (non-hydrogen) atoms. The van der Waals surface area contributed by atoms with Gasteiger partial charge in [0, 0.05) is 30.5 Å². The van der Waals surface area contributed by atoms with E-state index in [1.165, 1.54) is 13.2 Å². The largest absolute Gasteiger partial charge is 0.447 e. The molecule has 0 bridgehead atoms. The molecule has 3 rings (SSSR count). The summed E-state index contributed by atoms with van der Waals surface area (Å²) in [5.41, 5.74) is 1.02. The van der Waals surface area contributed by atoms with Crippen LogP contribution in [0.2, 0.25) is 2.82 Å². The summed E-state index contributed by atoms with van der Waals surface area (Å²) in [5.74, 6) is 0. The molecular weight excluding hydrogens is 266 g/mol. The van der Waals surface area contributed by atoms with Crippen molar-refractivity contribution in [2.75, 3.05) is 27.1 Å². The van der Waals surface area contributed by atoms with Crippen molar-refractivity contribution in [1.29, 1.82) is 0 Å². The first kappa shape index (κ1) is 6.83. The van der Waals surface area contributed by atoms with Gasteiger partial charge in [-0.2, -0.15) is 0 Å². The predicted molar refractivity (Wildman–Crippen MR) is 82.5 cm³/mol. The third-order valence-electron chi connectivity index (χ3n) is 3.16. The number of nitrogens with zero attached hydrogens (tertiary/aromatic N) is 1. The zero-order valence-electron chi connectivity index (χ0n) is 20.5. The van der Waals surface area contributed by atoms with Gasteiger partial charge < -0.3 is 19.9 Å². The lowest BCUT2D eigenvalue weighted by molar-refractivity contribution is 0.177. The fraction of sp³-hybridized carbons (Fsp3) is 0.438. The zero-order valence-corrected chi connectivity index (χ0v) is 11.5. The van der Waals surface area contributed by atoms with E-state index in [-0.39, 0.29) is 12.0 Å². The van der Waals surface area contributed by atoms with Gasteiger partial charge in [0.2, 0.25) is 0 Å². The Balaban J connectivity index is 1.97. The number of aromatic nitrogens is 1. The molecule has 1 aliphatic rings. The normalized spacial score (nSPS) is 28.7. The van der Waals surface area contributed by atoms with E-state index in [9.17, 15) is 4.79 Å². The van der Waals surface area contributed by atoms with E-state index in [4.69, 9.17) is 12.4 Å². The van der Waals surface area contributed by atoms with Crippen molar-refractivity contribution in [2.24, 2.45) is 0 Å². The lowest BCUT2D eigenvalue weighted by Crippen LogP contribution is -2.28. The number of benzene rings is 1. The summed E-state index contributed by atoms with van der Waals surface area (Å²) >= 11 is 0. The summed E-state index contributed by atoms with van der Waals surface area (Å²) in [5, 5.41) is 0.805. The predicted octanol–water partition coefficient (Wildman–Crippen LogP) is 1.92. The Kier molecular flexibility index (Phi) is 1.88. The van der Waals surface area contributed by atoms with Gasteiger partial charge in [-0.1, -0.05) is 6.07 Å². The molecule has 0 aliphatic carbocycles. The number of rotatable bonds is 5.